The molecule has 0 aliphatic carbocycles. The molecule has 2 aromatic rings. The molecule has 1 fully saturated rings. The van der Waals surface area contributed by atoms with Crippen LogP contribution >= 0.6 is 0 Å². The van der Waals surface area contributed by atoms with Gasteiger partial charge in [-0.15, -0.1) is 0 Å². The van der Waals surface area contributed by atoms with Crippen LogP contribution in [0.4, 0.5) is 5.82 Å². The van der Waals surface area contributed by atoms with Gasteiger partial charge in [0.25, 0.3) is 0 Å². The number of aromatic nitrogens is 2. The van der Waals surface area contributed by atoms with Gasteiger partial charge in [0.05, 0.1) is 5.69 Å². The molecule has 0 bridgehead atoms. The third-order valence-electron chi connectivity index (χ3n) is 4.05. The number of hydrogen-bond donors (Lipinski definition) is 1. The lowest BCUT2D eigenvalue weighted by Crippen LogP contribution is -2.28. The van der Waals surface area contributed by atoms with Crippen molar-refractivity contribution in [3.05, 3.63) is 36.0 Å². The van der Waals surface area contributed by atoms with Gasteiger partial charge in [0, 0.05) is 25.6 Å². The summed E-state index contributed by atoms with van der Waals surface area (Å²) in [5, 5.41) is 4.51. The first-order valence-electron chi connectivity index (χ1n) is 7.21. The number of amides is 1. The van der Waals surface area contributed by atoms with Crippen LogP contribution in [-0.4, -0.2) is 28.8 Å². The second-order valence-corrected chi connectivity index (χ2v) is 5.58. The lowest BCUT2D eigenvalue weighted by Gasteiger charge is -2.19. The average molecular weight is 284 g/mol. The SMILES string of the molecule is Cc1nn(C)c(N2CC(CN)CC2=O)c1-c1ccccc1. The Morgan fingerprint density at radius 3 is 2.67 bits per heavy atom. The first-order valence-corrected chi connectivity index (χ1v) is 7.21. The molecule has 1 amide bonds. The fraction of sp³-hybridized carbons (Fsp3) is 0.375. The van der Waals surface area contributed by atoms with E-state index in [0.717, 1.165) is 22.6 Å². The third kappa shape index (κ3) is 2.34. The maximum absolute atomic E-state index is 12.3. The van der Waals surface area contributed by atoms with E-state index in [2.05, 4.69) is 17.2 Å². The lowest BCUT2D eigenvalue weighted by atomic mass is 10.1. The van der Waals surface area contributed by atoms with Crippen molar-refractivity contribution in [3.63, 3.8) is 0 Å². The Hall–Kier alpha value is -2.14. The predicted octanol–water partition coefficient (Wildman–Crippen LogP) is 1.71. The van der Waals surface area contributed by atoms with E-state index in [1.165, 1.54) is 0 Å². The molecule has 1 aromatic heterocycles. The molecule has 0 radical (unpaired) electrons. The molecular weight excluding hydrogens is 264 g/mol. The van der Waals surface area contributed by atoms with Crippen molar-refractivity contribution in [2.24, 2.45) is 18.7 Å². The summed E-state index contributed by atoms with van der Waals surface area (Å²) in [4.78, 5) is 14.2. The summed E-state index contributed by atoms with van der Waals surface area (Å²) in [6.07, 6.45) is 0.523. The Morgan fingerprint density at radius 2 is 2.05 bits per heavy atom. The summed E-state index contributed by atoms with van der Waals surface area (Å²) in [7, 11) is 1.89. The van der Waals surface area contributed by atoms with Crippen molar-refractivity contribution >= 4 is 11.7 Å². The molecule has 1 atom stereocenters. The Labute approximate surface area is 124 Å². The monoisotopic (exact) mass is 284 g/mol. The van der Waals surface area contributed by atoms with Crippen molar-refractivity contribution in [3.8, 4) is 11.1 Å². The van der Waals surface area contributed by atoms with Gasteiger partial charge in [0.15, 0.2) is 0 Å². The highest BCUT2D eigenvalue weighted by Crippen LogP contribution is 2.36. The third-order valence-corrected chi connectivity index (χ3v) is 4.05. The van der Waals surface area contributed by atoms with Crippen molar-refractivity contribution in [1.29, 1.82) is 0 Å². The second kappa shape index (κ2) is 5.33. The van der Waals surface area contributed by atoms with Gasteiger partial charge in [0.2, 0.25) is 5.91 Å². The highest BCUT2D eigenvalue weighted by Gasteiger charge is 2.33. The van der Waals surface area contributed by atoms with Crippen LogP contribution in [0.5, 0.6) is 0 Å². The molecule has 1 unspecified atom stereocenters. The first kappa shape index (κ1) is 13.8. The van der Waals surface area contributed by atoms with Crippen molar-refractivity contribution < 1.29 is 4.79 Å². The van der Waals surface area contributed by atoms with Gasteiger partial charge in [-0.05, 0) is 24.9 Å². The molecule has 21 heavy (non-hydrogen) atoms. The van der Waals surface area contributed by atoms with Crippen LogP contribution in [-0.2, 0) is 11.8 Å². The Bertz CT molecular complexity index is 662. The van der Waals surface area contributed by atoms with E-state index in [-0.39, 0.29) is 11.8 Å². The summed E-state index contributed by atoms with van der Waals surface area (Å²) < 4.78 is 1.80. The molecule has 5 heteroatoms. The van der Waals surface area contributed by atoms with Crippen LogP contribution < -0.4 is 10.6 Å². The van der Waals surface area contributed by atoms with E-state index in [1.54, 1.807) is 4.68 Å². The molecule has 1 saturated heterocycles. The minimum absolute atomic E-state index is 0.130. The molecule has 0 spiro atoms. The molecule has 2 N–H and O–H groups in total. The van der Waals surface area contributed by atoms with Gasteiger partial charge in [-0.2, -0.15) is 5.10 Å². The van der Waals surface area contributed by atoms with Crippen LogP contribution in [0, 0.1) is 12.8 Å². The Morgan fingerprint density at radius 1 is 1.33 bits per heavy atom. The molecule has 0 saturated carbocycles. The number of nitrogens with zero attached hydrogens (tertiary/aromatic N) is 3. The smallest absolute Gasteiger partial charge is 0.228 e. The summed E-state index contributed by atoms with van der Waals surface area (Å²) >= 11 is 0. The fourth-order valence-electron chi connectivity index (χ4n) is 3.04. The van der Waals surface area contributed by atoms with Crippen LogP contribution in [0.2, 0.25) is 0 Å². The number of anilines is 1. The standard InChI is InChI=1S/C16H20N4O/c1-11-15(13-6-4-3-5-7-13)16(19(2)18-11)20-10-12(9-17)8-14(20)21/h3-7,12H,8-10,17H2,1-2H3. The molecule has 5 nitrogen and oxygen atoms in total. The first-order chi connectivity index (χ1) is 10.1. The summed E-state index contributed by atoms with van der Waals surface area (Å²) in [5.74, 6) is 1.24. The lowest BCUT2D eigenvalue weighted by molar-refractivity contribution is -0.117. The van der Waals surface area contributed by atoms with Crippen LogP contribution in [0.1, 0.15) is 12.1 Å². The number of benzene rings is 1. The number of aryl methyl sites for hydroxylation is 2. The maximum Gasteiger partial charge on any atom is 0.228 e. The van der Waals surface area contributed by atoms with E-state index in [9.17, 15) is 4.79 Å². The molecule has 1 aliphatic rings. The Balaban J connectivity index is 2.09. The molecular formula is C16H20N4O. The van der Waals surface area contributed by atoms with Gasteiger partial charge in [-0.1, -0.05) is 30.3 Å². The molecule has 110 valence electrons. The van der Waals surface area contributed by atoms with Crippen molar-refractivity contribution in [2.75, 3.05) is 18.0 Å². The Kier molecular flexibility index (Phi) is 3.51. The fourth-order valence-corrected chi connectivity index (χ4v) is 3.04. The molecule has 3 rings (SSSR count). The zero-order valence-corrected chi connectivity index (χ0v) is 12.4. The van der Waals surface area contributed by atoms with Gasteiger partial charge in [0.1, 0.15) is 5.82 Å². The summed E-state index contributed by atoms with van der Waals surface area (Å²) in [5.41, 5.74) is 8.78. The van der Waals surface area contributed by atoms with E-state index in [0.29, 0.717) is 19.5 Å². The van der Waals surface area contributed by atoms with E-state index < -0.39 is 0 Å². The van der Waals surface area contributed by atoms with Crippen LogP contribution in [0.25, 0.3) is 11.1 Å². The van der Waals surface area contributed by atoms with E-state index >= 15 is 0 Å². The van der Waals surface area contributed by atoms with E-state index in [4.69, 9.17) is 5.73 Å². The average Bonchev–Trinajstić information content (AvgIpc) is 2.99. The van der Waals surface area contributed by atoms with Gasteiger partial charge >= 0.3 is 0 Å². The largest absolute Gasteiger partial charge is 0.330 e. The van der Waals surface area contributed by atoms with Gasteiger partial charge < -0.3 is 5.73 Å². The number of carbonyl (C=O) groups is 1. The predicted molar refractivity (Wildman–Crippen MR) is 82.9 cm³/mol. The van der Waals surface area contributed by atoms with Crippen LogP contribution in [0.15, 0.2) is 30.3 Å². The number of carbonyl (C=O) groups excluding carboxylic acids is 1. The molecule has 1 aliphatic heterocycles. The quantitative estimate of drug-likeness (QED) is 0.933. The minimum Gasteiger partial charge on any atom is -0.330 e. The number of rotatable bonds is 3. The second-order valence-electron chi connectivity index (χ2n) is 5.58. The highest BCUT2D eigenvalue weighted by atomic mass is 16.2. The topological polar surface area (TPSA) is 64.2 Å². The van der Waals surface area contributed by atoms with Crippen molar-refractivity contribution in [2.45, 2.75) is 13.3 Å². The number of nitrogens with two attached hydrogens (primary N) is 1. The summed E-state index contributed by atoms with van der Waals surface area (Å²) in [6, 6.07) is 10.1. The van der Waals surface area contributed by atoms with Gasteiger partial charge in [-0.3, -0.25) is 14.4 Å². The molecule has 2 heterocycles. The minimum atomic E-state index is 0.130. The maximum atomic E-state index is 12.3. The summed E-state index contributed by atoms with van der Waals surface area (Å²) in [6.45, 7) is 3.20. The van der Waals surface area contributed by atoms with Crippen molar-refractivity contribution in [1.82, 2.24) is 9.78 Å². The van der Waals surface area contributed by atoms with E-state index in [1.807, 2.05) is 37.1 Å². The normalized spacial score (nSPS) is 18.5. The zero-order valence-electron chi connectivity index (χ0n) is 12.4. The van der Waals surface area contributed by atoms with Gasteiger partial charge in [-0.25, -0.2) is 0 Å². The number of hydrogen-bond acceptors (Lipinski definition) is 3. The highest BCUT2D eigenvalue weighted by molar-refractivity contribution is 5.99. The molecule has 1 aromatic carbocycles. The van der Waals surface area contributed by atoms with Crippen LogP contribution in [0.3, 0.4) is 0 Å². The zero-order chi connectivity index (χ0) is 15.0.